The lowest BCUT2D eigenvalue weighted by Crippen LogP contribution is -2.30. The average Bonchev–Trinajstić information content (AvgIpc) is 3.05. The number of nitrogens with zero attached hydrogens (tertiary/aromatic N) is 2. The van der Waals surface area contributed by atoms with Crippen LogP contribution in [-0.4, -0.2) is 47.0 Å². The van der Waals surface area contributed by atoms with Crippen LogP contribution in [-0.2, 0) is 4.74 Å². The molecule has 0 atom stereocenters. The normalized spacial score (nSPS) is 10.4. The molecule has 1 amide bonds. The summed E-state index contributed by atoms with van der Waals surface area (Å²) in [5, 5.41) is 17.4. The molecule has 0 aliphatic carbocycles. The summed E-state index contributed by atoms with van der Waals surface area (Å²) in [7, 11) is 1.27. The van der Waals surface area contributed by atoms with Crippen LogP contribution in [0.5, 0.6) is 0 Å². The van der Waals surface area contributed by atoms with Gasteiger partial charge in [-0.15, -0.1) is 11.3 Å². The number of hydrogen-bond acceptors (Lipinski definition) is 7. The number of amides is 1. The molecule has 11 heteroatoms. The van der Waals surface area contributed by atoms with Crippen molar-refractivity contribution in [3.63, 3.8) is 0 Å². The first kappa shape index (κ1) is 24.2. The number of anilines is 2. The van der Waals surface area contributed by atoms with Crippen molar-refractivity contribution >= 4 is 56.9 Å². The topological polar surface area (TPSA) is 114 Å². The van der Waals surface area contributed by atoms with E-state index in [9.17, 15) is 19.7 Å². The number of thiophene rings is 1. The summed E-state index contributed by atoms with van der Waals surface area (Å²) in [6.07, 6.45) is 0. The first-order valence-electron chi connectivity index (χ1n) is 9.48. The zero-order valence-corrected chi connectivity index (χ0v) is 19.5. The van der Waals surface area contributed by atoms with Crippen LogP contribution in [0.2, 0.25) is 0 Å². The third kappa shape index (κ3) is 5.36. The smallest absolute Gasteiger partial charge is 0.341 e. The van der Waals surface area contributed by atoms with Crippen molar-refractivity contribution in [3.8, 4) is 0 Å². The molecule has 31 heavy (non-hydrogen) atoms. The van der Waals surface area contributed by atoms with E-state index in [0.29, 0.717) is 39.8 Å². The van der Waals surface area contributed by atoms with Crippen molar-refractivity contribution in [2.24, 2.45) is 0 Å². The van der Waals surface area contributed by atoms with Gasteiger partial charge >= 0.3 is 5.97 Å². The molecular weight excluding hydrogens is 440 g/mol. The predicted molar refractivity (Wildman–Crippen MR) is 125 cm³/mol. The number of methoxy groups -OCH3 is 1. The number of rotatable bonds is 7. The molecule has 0 aliphatic rings. The Bertz CT molecular complexity index is 1030. The molecule has 0 unspecified atom stereocenters. The summed E-state index contributed by atoms with van der Waals surface area (Å²) in [5.74, 6) is -0.750. The van der Waals surface area contributed by atoms with Crippen LogP contribution < -0.4 is 10.6 Å². The molecule has 0 saturated carbocycles. The molecule has 9 nitrogen and oxygen atoms in total. The van der Waals surface area contributed by atoms with Gasteiger partial charge in [0.1, 0.15) is 5.00 Å². The molecule has 0 spiro atoms. The minimum atomic E-state index is -0.579. The van der Waals surface area contributed by atoms with Gasteiger partial charge in [-0.25, -0.2) is 4.79 Å². The van der Waals surface area contributed by atoms with Gasteiger partial charge in [0, 0.05) is 30.9 Å². The lowest BCUT2D eigenvalue weighted by atomic mass is 10.1. The van der Waals surface area contributed by atoms with Gasteiger partial charge in [0.15, 0.2) is 5.11 Å². The Labute approximate surface area is 189 Å². The Morgan fingerprint density at radius 1 is 1.23 bits per heavy atom. The summed E-state index contributed by atoms with van der Waals surface area (Å²) in [6.45, 7) is 8.27. The molecule has 1 aromatic carbocycles. The maximum absolute atomic E-state index is 12.9. The van der Waals surface area contributed by atoms with Gasteiger partial charge in [0.2, 0.25) is 0 Å². The first-order chi connectivity index (χ1) is 14.6. The Morgan fingerprint density at radius 3 is 2.39 bits per heavy atom. The van der Waals surface area contributed by atoms with Crippen LogP contribution in [0.3, 0.4) is 0 Å². The van der Waals surface area contributed by atoms with E-state index in [0.717, 1.165) is 11.3 Å². The van der Waals surface area contributed by atoms with Gasteiger partial charge in [0.05, 0.1) is 22.5 Å². The van der Waals surface area contributed by atoms with E-state index in [1.807, 2.05) is 13.8 Å². The van der Waals surface area contributed by atoms with E-state index >= 15 is 0 Å². The number of nitro benzene ring substituents is 1. The maximum Gasteiger partial charge on any atom is 0.341 e. The zero-order valence-electron chi connectivity index (χ0n) is 17.9. The second-order valence-corrected chi connectivity index (χ2v) is 7.99. The van der Waals surface area contributed by atoms with Crippen molar-refractivity contribution in [1.29, 1.82) is 0 Å². The standard InChI is InChI=1S/C20H24N4O5S2/c1-6-23(7-2)18(25)16-12(4)15(19(26)29-5)17(31-16)22-20(30)21-14-9-8-13(24(27)28)10-11(14)3/h8-10H,6-7H2,1-5H3,(H2,21,22,30). The van der Waals surface area contributed by atoms with Gasteiger partial charge in [-0.05, 0) is 57.1 Å². The predicted octanol–water partition coefficient (Wildman–Crippen LogP) is 4.35. The highest BCUT2D eigenvalue weighted by Crippen LogP contribution is 2.35. The monoisotopic (exact) mass is 464 g/mol. The summed E-state index contributed by atoms with van der Waals surface area (Å²) in [5.41, 5.74) is 1.95. The molecule has 2 N–H and O–H groups in total. The van der Waals surface area contributed by atoms with Crippen LogP contribution in [0.15, 0.2) is 18.2 Å². The lowest BCUT2D eigenvalue weighted by Gasteiger charge is -2.18. The average molecular weight is 465 g/mol. The van der Waals surface area contributed by atoms with Crippen LogP contribution >= 0.6 is 23.6 Å². The van der Waals surface area contributed by atoms with Crippen molar-refractivity contribution < 1.29 is 19.2 Å². The molecule has 1 heterocycles. The number of hydrogen-bond donors (Lipinski definition) is 2. The van der Waals surface area contributed by atoms with Gasteiger partial charge in [-0.2, -0.15) is 0 Å². The summed E-state index contributed by atoms with van der Waals surface area (Å²) >= 11 is 6.49. The number of esters is 1. The fourth-order valence-corrected chi connectivity index (χ4v) is 4.41. The van der Waals surface area contributed by atoms with E-state index in [1.54, 1.807) is 24.8 Å². The fraction of sp³-hybridized carbons (Fsp3) is 0.350. The quantitative estimate of drug-likeness (QED) is 0.269. The highest BCUT2D eigenvalue weighted by atomic mass is 32.1. The Kier molecular flexibility index (Phi) is 8.06. The SMILES string of the molecule is CCN(CC)C(=O)c1sc(NC(=S)Nc2ccc([N+](=O)[O-])cc2C)c(C(=O)OC)c1C. The lowest BCUT2D eigenvalue weighted by molar-refractivity contribution is -0.384. The maximum atomic E-state index is 12.9. The van der Waals surface area contributed by atoms with Crippen molar-refractivity contribution in [2.75, 3.05) is 30.8 Å². The molecule has 0 bridgehead atoms. The molecule has 0 aliphatic heterocycles. The number of ether oxygens (including phenoxy) is 1. The first-order valence-corrected chi connectivity index (χ1v) is 10.7. The van der Waals surface area contributed by atoms with E-state index in [-0.39, 0.29) is 22.3 Å². The van der Waals surface area contributed by atoms with Gasteiger partial charge in [0.25, 0.3) is 11.6 Å². The second-order valence-electron chi connectivity index (χ2n) is 6.56. The molecule has 0 radical (unpaired) electrons. The number of carbonyl (C=O) groups excluding carboxylic acids is 2. The summed E-state index contributed by atoms with van der Waals surface area (Å²) in [6, 6.07) is 4.35. The highest BCUT2D eigenvalue weighted by Gasteiger charge is 2.27. The number of non-ortho nitro benzene ring substituents is 1. The van der Waals surface area contributed by atoms with E-state index in [1.165, 1.54) is 19.2 Å². The molecule has 2 aromatic rings. The molecule has 0 fully saturated rings. The number of nitrogens with one attached hydrogen (secondary N) is 2. The molecule has 0 saturated heterocycles. The van der Waals surface area contributed by atoms with Crippen LogP contribution in [0.1, 0.15) is 45.0 Å². The van der Waals surface area contributed by atoms with Gasteiger partial charge < -0.3 is 20.3 Å². The molecular formula is C20H24N4O5S2. The number of aryl methyl sites for hydroxylation is 1. The number of benzene rings is 1. The number of thiocarbonyl (C=S) groups is 1. The van der Waals surface area contributed by atoms with Crippen molar-refractivity contribution in [2.45, 2.75) is 27.7 Å². The van der Waals surface area contributed by atoms with Gasteiger partial charge in [-0.1, -0.05) is 0 Å². The Hall–Kier alpha value is -3.05. The summed E-state index contributed by atoms with van der Waals surface area (Å²) in [4.78, 5) is 37.8. The second kappa shape index (κ2) is 10.3. The molecule has 166 valence electrons. The third-order valence-corrected chi connectivity index (χ3v) is 6.08. The van der Waals surface area contributed by atoms with Crippen molar-refractivity contribution in [1.82, 2.24) is 4.90 Å². The molecule has 1 aromatic heterocycles. The third-order valence-electron chi connectivity index (χ3n) is 4.68. The van der Waals surface area contributed by atoms with Crippen LogP contribution in [0, 0.1) is 24.0 Å². The Morgan fingerprint density at radius 2 is 1.87 bits per heavy atom. The van der Waals surface area contributed by atoms with Crippen molar-refractivity contribution in [3.05, 3.63) is 49.9 Å². The largest absolute Gasteiger partial charge is 0.465 e. The van der Waals surface area contributed by atoms with E-state index in [4.69, 9.17) is 17.0 Å². The van der Waals surface area contributed by atoms with Gasteiger partial charge in [-0.3, -0.25) is 14.9 Å². The number of carbonyl (C=O) groups is 2. The fourth-order valence-electron chi connectivity index (χ4n) is 2.97. The van der Waals surface area contributed by atoms with E-state index in [2.05, 4.69) is 10.6 Å². The molecule has 2 rings (SSSR count). The number of nitro groups is 1. The minimum absolute atomic E-state index is 0.0247. The van der Waals surface area contributed by atoms with Crippen LogP contribution in [0.25, 0.3) is 0 Å². The summed E-state index contributed by atoms with van der Waals surface area (Å²) < 4.78 is 4.89. The minimum Gasteiger partial charge on any atom is -0.465 e. The highest BCUT2D eigenvalue weighted by molar-refractivity contribution is 7.80. The zero-order chi connectivity index (χ0) is 23.3. The Balaban J connectivity index is 2.34. The van der Waals surface area contributed by atoms with E-state index < -0.39 is 10.9 Å². The van der Waals surface area contributed by atoms with Crippen LogP contribution in [0.4, 0.5) is 16.4 Å².